The van der Waals surface area contributed by atoms with E-state index >= 15 is 0 Å². The highest BCUT2D eigenvalue weighted by molar-refractivity contribution is 6.35. The number of halogens is 2. The van der Waals surface area contributed by atoms with E-state index in [9.17, 15) is 4.79 Å². The monoisotopic (exact) mass is 301 g/mol. The van der Waals surface area contributed by atoms with Crippen molar-refractivity contribution in [2.45, 2.75) is 13.0 Å². The minimum absolute atomic E-state index is 0.0638. The molecule has 1 amide bonds. The average Bonchev–Trinajstić information content (AvgIpc) is 2.43. The highest BCUT2D eigenvalue weighted by Gasteiger charge is 2.23. The van der Waals surface area contributed by atoms with Crippen LogP contribution in [-0.4, -0.2) is 43.0 Å². The number of rotatable bonds is 3. The zero-order valence-electron chi connectivity index (χ0n) is 10.7. The first-order valence-corrected chi connectivity index (χ1v) is 7.04. The van der Waals surface area contributed by atoms with Crippen molar-refractivity contribution in [3.8, 4) is 0 Å². The van der Waals surface area contributed by atoms with Gasteiger partial charge in [-0.25, -0.2) is 0 Å². The van der Waals surface area contributed by atoms with Crippen LogP contribution in [0.2, 0.25) is 10.0 Å². The standard InChI is InChI=1S/C13H17Cl2N3O/c1-9(18-6-4-16-5-7-18)13(19)17-12-8-10(14)2-3-11(12)15/h2-3,8-9,16H,4-7H2,1H3,(H,17,19). The van der Waals surface area contributed by atoms with E-state index in [0.717, 1.165) is 26.2 Å². The maximum atomic E-state index is 12.2. The van der Waals surface area contributed by atoms with E-state index in [1.165, 1.54) is 0 Å². The Balaban J connectivity index is 2.01. The molecular formula is C13H17Cl2N3O. The Kier molecular flexibility index (Phi) is 5.05. The van der Waals surface area contributed by atoms with Gasteiger partial charge in [-0.2, -0.15) is 0 Å². The van der Waals surface area contributed by atoms with Crippen molar-refractivity contribution in [2.75, 3.05) is 31.5 Å². The van der Waals surface area contributed by atoms with E-state index in [0.29, 0.717) is 15.7 Å². The first-order valence-electron chi connectivity index (χ1n) is 6.28. The van der Waals surface area contributed by atoms with Crippen LogP contribution in [0.1, 0.15) is 6.92 Å². The fourth-order valence-corrected chi connectivity index (χ4v) is 2.40. The van der Waals surface area contributed by atoms with Gasteiger partial charge in [-0.1, -0.05) is 23.2 Å². The van der Waals surface area contributed by atoms with Gasteiger partial charge in [0, 0.05) is 31.2 Å². The molecule has 1 aliphatic rings. The lowest BCUT2D eigenvalue weighted by atomic mass is 10.2. The molecule has 6 heteroatoms. The van der Waals surface area contributed by atoms with Crippen LogP contribution in [0.3, 0.4) is 0 Å². The van der Waals surface area contributed by atoms with Crippen molar-refractivity contribution >= 4 is 34.8 Å². The summed E-state index contributed by atoms with van der Waals surface area (Å²) in [6.45, 7) is 5.47. The van der Waals surface area contributed by atoms with Crippen molar-refractivity contribution in [3.63, 3.8) is 0 Å². The van der Waals surface area contributed by atoms with E-state index in [1.54, 1.807) is 18.2 Å². The van der Waals surface area contributed by atoms with Gasteiger partial charge in [-0.3, -0.25) is 9.69 Å². The molecule has 1 aliphatic heterocycles. The first-order chi connectivity index (χ1) is 9.08. The lowest BCUT2D eigenvalue weighted by molar-refractivity contribution is -0.120. The van der Waals surface area contributed by atoms with Crippen LogP contribution in [0.5, 0.6) is 0 Å². The fraction of sp³-hybridized carbons (Fsp3) is 0.462. The summed E-state index contributed by atoms with van der Waals surface area (Å²) < 4.78 is 0. The second-order valence-electron chi connectivity index (χ2n) is 4.58. The third kappa shape index (κ3) is 3.83. The van der Waals surface area contributed by atoms with Crippen molar-refractivity contribution in [3.05, 3.63) is 28.2 Å². The molecule has 0 aliphatic carbocycles. The fourth-order valence-electron chi connectivity index (χ4n) is 2.07. The van der Waals surface area contributed by atoms with Gasteiger partial charge in [0.2, 0.25) is 5.91 Å². The Morgan fingerprint density at radius 3 is 2.74 bits per heavy atom. The lowest BCUT2D eigenvalue weighted by Crippen LogP contribution is -2.51. The summed E-state index contributed by atoms with van der Waals surface area (Å²) in [5, 5.41) is 7.14. The number of anilines is 1. The third-order valence-electron chi connectivity index (χ3n) is 3.27. The zero-order chi connectivity index (χ0) is 13.8. The van der Waals surface area contributed by atoms with Gasteiger partial charge in [-0.05, 0) is 25.1 Å². The molecule has 2 N–H and O–H groups in total. The third-order valence-corrected chi connectivity index (χ3v) is 3.83. The van der Waals surface area contributed by atoms with Crippen LogP contribution in [0, 0.1) is 0 Å². The lowest BCUT2D eigenvalue weighted by Gasteiger charge is -2.31. The van der Waals surface area contributed by atoms with Crippen molar-refractivity contribution in [1.82, 2.24) is 10.2 Å². The Morgan fingerprint density at radius 2 is 2.05 bits per heavy atom. The number of benzene rings is 1. The molecule has 1 saturated heterocycles. The summed E-state index contributed by atoms with van der Waals surface area (Å²) in [5.41, 5.74) is 0.557. The molecule has 0 spiro atoms. The van der Waals surface area contributed by atoms with Gasteiger partial charge in [0.05, 0.1) is 16.8 Å². The average molecular weight is 302 g/mol. The summed E-state index contributed by atoms with van der Waals surface area (Å²) >= 11 is 11.9. The van der Waals surface area contributed by atoms with Gasteiger partial charge < -0.3 is 10.6 Å². The number of piperazine rings is 1. The highest BCUT2D eigenvalue weighted by atomic mass is 35.5. The summed E-state index contributed by atoms with van der Waals surface area (Å²) in [4.78, 5) is 14.3. The molecule has 104 valence electrons. The molecule has 4 nitrogen and oxygen atoms in total. The van der Waals surface area contributed by atoms with Gasteiger partial charge in [0.1, 0.15) is 0 Å². The summed E-state index contributed by atoms with van der Waals surface area (Å²) in [7, 11) is 0. The largest absolute Gasteiger partial charge is 0.323 e. The molecule has 1 aromatic rings. The topological polar surface area (TPSA) is 44.4 Å². The van der Waals surface area contributed by atoms with E-state index in [1.807, 2.05) is 6.92 Å². The molecule has 0 saturated carbocycles. The van der Waals surface area contributed by atoms with Crippen molar-refractivity contribution in [1.29, 1.82) is 0 Å². The molecule has 0 aromatic heterocycles. The number of hydrogen-bond acceptors (Lipinski definition) is 3. The normalized spacial score (nSPS) is 18.1. The van der Waals surface area contributed by atoms with E-state index in [4.69, 9.17) is 23.2 Å². The maximum absolute atomic E-state index is 12.2. The second-order valence-corrected chi connectivity index (χ2v) is 5.42. The van der Waals surface area contributed by atoms with Crippen LogP contribution in [-0.2, 0) is 4.79 Å². The second kappa shape index (κ2) is 6.57. The molecule has 2 rings (SSSR count). The van der Waals surface area contributed by atoms with Crippen molar-refractivity contribution in [2.24, 2.45) is 0 Å². The Bertz CT molecular complexity index is 461. The van der Waals surface area contributed by atoms with Crippen molar-refractivity contribution < 1.29 is 4.79 Å². The van der Waals surface area contributed by atoms with Crippen LogP contribution in [0.4, 0.5) is 5.69 Å². The quantitative estimate of drug-likeness (QED) is 0.900. The molecule has 19 heavy (non-hydrogen) atoms. The molecule has 1 unspecified atom stereocenters. The van der Waals surface area contributed by atoms with E-state index < -0.39 is 0 Å². The minimum Gasteiger partial charge on any atom is -0.323 e. The predicted molar refractivity (Wildman–Crippen MR) is 79.0 cm³/mol. The number of hydrogen-bond donors (Lipinski definition) is 2. The van der Waals surface area contributed by atoms with Crippen LogP contribution < -0.4 is 10.6 Å². The molecule has 1 atom stereocenters. The maximum Gasteiger partial charge on any atom is 0.241 e. The molecule has 0 radical (unpaired) electrons. The molecule has 1 heterocycles. The number of carbonyl (C=O) groups is 1. The number of nitrogens with zero attached hydrogens (tertiary/aromatic N) is 1. The summed E-state index contributed by atoms with van der Waals surface area (Å²) in [6.07, 6.45) is 0. The van der Waals surface area contributed by atoms with Crippen LogP contribution >= 0.6 is 23.2 Å². The zero-order valence-corrected chi connectivity index (χ0v) is 12.3. The molecule has 0 bridgehead atoms. The smallest absolute Gasteiger partial charge is 0.241 e. The Morgan fingerprint density at radius 1 is 1.37 bits per heavy atom. The van der Waals surface area contributed by atoms with E-state index in [-0.39, 0.29) is 11.9 Å². The number of carbonyl (C=O) groups excluding carboxylic acids is 1. The molecule has 1 fully saturated rings. The number of nitrogens with one attached hydrogen (secondary N) is 2. The first kappa shape index (κ1) is 14.6. The molecular weight excluding hydrogens is 285 g/mol. The summed E-state index contributed by atoms with van der Waals surface area (Å²) in [6, 6.07) is 4.85. The van der Waals surface area contributed by atoms with Crippen LogP contribution in [0.15, 0.2) is 18.2 Å². The van der Waals surface area contributed by atoms with Gasteiger partial charge in [0.25, 0.3) is 0 Å². The minimum atomic E-state index is -0.183. The SMILES string of the molecule is CC(C(=O)Nc1cc(Cl)ccc1Cl)N1CCNCC1. The predicted octanol–water partition coefficient (Wildman–Crippen LogP) is 2.23. The molecule has 1 aromatic carbocycles. The Labute approximate surface area is 123 Å². The summed E-state index contributed by atoms with van der Waals surface area (Å²) in [5.74, 6) is -0.0638. The Hall–Kier alpha value is -0.810. The highest BCUT2D eigenvalue weighted by Crippen LogP contribution is 2.25. The van der Waals surface area contributed by atoms with Gasteiger partial charge >= 0.3 is 0 Å². The van der Waals surface area contributed by atoms with Gasteiger partial charge in [0.15, 0.2) is 0 Å². The van der Waals surface area contributed by atoms with E-state index in [2.05, 4.69) is 15.5 Å². The number of amides is 1. The van der Waals surface area contributed by atoms with Gasteiger partial charge in [-0.15, -0.1) is 0 Å². The van der Waals surface area contributed by atoms with Crippen LogP contribution in [0.25, 0.3) is 0 Å².